The summed E-state index contributed by atoms with van der Waals surface area (Å²) in [5, 5.41) is 0. The van der Waals surface area contributed by atoms with Gasteiger partial charge in [-0.2, -0.15) is 0 Å². The smallest absolute Gasteiger partial charge is 0.144 e. The summed E-state index contributed by atoms with van der Waals surface area (Å²) in [6.45, 7) is 0. The second-order valence-corrected chi connectivity index (χ2v) is 4.42. The van der Waals surface area contributed by atoms with E-state index in [0.717, 1.165) is 15.8 Å². The molecule has 0 saturated carbocycles. The van der Waals surface area contributed by atoms with Gasteiger partial charge in [-0.05, 0) is 23.8 Å². The molecular formula is C13H11BrO2. The third kappa shape index (κ3) is 2.83. The van der Waals surface area contributed by atoms with Crippen LogP contribution in [-0.2, 0) is 17.6 Å². The third-order valence-corrected chi connectivity index (χ3v) is 3.07. The van der Waals surface area contributed by atoms with Crippen molar-refractivity contribution in [2.45, 2.75) is 12.8 Å². The lowest BCUT2D eigenvalue weighted by atomic mass is 10.1. The molecule has 16 heavy (non-hydrogen) atoms. The summed E-state index contributed by atoms with van der Waals surface area (Å²) in [5.41, 5.74) is 1.01. The predicted molar refractivity (Wildman–Crippen MR) is 65.3 cm³/mol. The van der Waals surface area contributed by atoms with Crippen LogP contribution in [0.4, 0.5) is 0 Å². The summed E-state index contributed by atoms with van der Waals surface area (Å²) in [6.07, 6.45) is 2.37. The van der Waals surface area contributed by atoms with E-state index in [9.17, 15) is 4.79 Å². The van der Waals surface area contributed by atoms with Crippen molar-refractivity contribution in [2.75, 3.05) is 0 Å². The first-order chi connectivity index (χ1) is 7.75. The maximum Gasteiger partial charge on any atom is 0.144 e. The van der Waals surface area contributed by atoms with Crippen LogP contribution < -0.4 is 0 Å². The van der Waals surface area contributed by atoms with E-state index in [1.54, 1.807) is 12.3 Å². The van der Waals surface area contributed by atoms with Gasteiger partial charge in [0.1, 0.15) is 11.5 Å². The lowest BCUT2D eigenvalue weighted by Gasteiger charge is -2.02. The predicted octanol–water partition coefficient (Wildman–Crippen LogP) is 3.40. The van der Waals surface area contributed by atoms with Gasteiger partial charge in [0.2, 0.25) is 0 Å². The molecule has 0 N–H and O–H groups in total. The van der Waals surface area contributed by atoms with Crippen LogP contribution in [0.5, 0.6) is 0 Å². The zero-order valence-corrected chi connectivity index (χ0v) is 10.2. The molecule has 0 atom stereocenters. The molecule has 1 aromatic heterocycles. The Kier molecular flexibility index (Phi) is 3.57. The Labute approximate surface area is 102 Å². The molecule has 0 radical (unpaired) electrons. The summed E-state index contributed by atoms with van der Waals surface area (Å²) in [4.78, 5) is 11.8. The van der Waals surface area contributed by atoms with E-state index in [1.165, 1.54) is 0 Å². The SMILES string of the molecule is O=C(Cc1ccco1)Cc1ccccc1Br. The molecule has 0 unspecified atom stereocenters. The number of carbonyl (C=O) groups excluding carboxylic acids is 1. The number of furan rings is 1. The first-order valence-corrected chi connectivity index (χ1v) is 5.82. The Bertz CT molecular complexity index is 474. The number of ketones is 1. The minimum absolute atomic E-state index is 0.154. The fraction of sp³-hybridized carbons (Fsp3) is 0.154. The second-order valence-electron chi connectivity index (χ2n) is 3.56. The van der Waals surface area contributed by atoms with Gasteiger partial charge in [0.05, 0.1) is 12.7 Å². The van der Waals surface area contributed by atoms with Crippen LogP contribution in [0, 0.1) is 0 Å². The first-order valence-electron chi connectivity index (χ1n) is 5.03. The monoisotopic (exact) mass is 278 g/mol. The van der Waals surface area contributed by atoms with Crippen molar-refractivity contribution in [3.8, 4) is 0 Å². The van der Waals surface area contributed by atoms with Crippen molar-refractivity contribution in [3.05, 3.63) is 58.5 Å². The molecule has 2 aromatic rings. The number of Topliss-reactive ketones (excluding diaryl/α,β-unsaturated/α-hetero) is 1. The van der Waals surface area contributed by atoms with Gasteiger partial charge in [-0.15, -0.1) is 0 Å². The van der Waals surface area contributed by atoms with Crippen molar-refractivity contribution in [2.24, 2.45) is 0 Å². The summed E-state index contributed by atoms with van der Waals surface area (Å²) < 4.78 is 6.11. The average Bonchev–Trinajstić information content (AvgIpc) is 2.74. The maximum atomic E-state index is 11.8. The highest BCUT2D eigenvalue weighted by Gasteiger charge is 2.08. The Morgan fingerprint density at radius 2 is 1.94 bits per heavy atom. The quantitative estimate of drug-likeness (QED) is 0.858. The molecule has 0 saturated heterocycles. The van der Waals surface area contributed by atoms with E-state index in [0.29, 0.717) is 12.8 Å². The van der Waals surface area contributed by atoms with E-state index >= 15 is 0 Å². The first kappa shape index (κ1) is 11.1. The van der Waals surface area contributed by atoms with Gasteiger partial charge in [-0.3, -0.25) is 4.79 Å². The number of benzene rings is 1. The van der Waals surface area contributed by atoms with E-state index < -0.39 is 0 Å². The van der Waals surface area contributed by atoms with Gasteiger partial charge in [0, 0.05) is 10.9 Å². The molecule has 2 nitrogen and oxygen atoms in total. The molecule has 3 heteroatoms. The van der Waals surface area contributed by atoms with E-state index in [2.05, 4.69) is 15.9 Å². The minimum atomic E-state index is 0.154. The fourth-order valence-corrected chi connectivity index (χ4v) is 1.95. The summed E-state index contributed by atoms with van der Waals surface area (Å²) in [5.74, 6) is 0.874. The zero-order chi connectivity index (χ0) is 11.4. The molecule has 0 fully saturated rings. The highest BCUT2D eigenvalue weighted by atomic mass is 79.9. The lowest BCUT2D eigenvalue weighted by molar-refractivity contribution is -0.118. The number of halogens is 1. The number of hydrogen-bond donors (Lipinski definition) is 0. The minimum Gasteiger partial charge on any atom is -0.469 e. The number of rotatable bonds is 4. The topological polar surface area (TPSA) is 30.2 Å². The van der Waals surface area contributed by atoms with E-state index in [4.69, 9.17) is 4.42 Å². The van der Waals surface area contributed by atoms with Crippen molar-refractivity contribution < 1.29 is 9.21 Å². The lowest BCUT2D eigenvalue weighted by Crippen LogP contribution is -2.06. The summed E-state index contributed by atoms with van der Waals surface area (Å²) in [6, 6.07) is 11.4. The second kappa shape index (κ2) is 5.12. The molecule has 0 aliphatic heterocycles. The van der Waals surface area contributed by atoms with Crippen LogP contribution in [0.3, 0.4) is 0 Å². The van der Waals surface area contributed by atoms with Crippen LogP contribution >= 0.6 is 15.9 Å². The van der Waals surface area contributed by atoms with Crippen LogP contribution in [0.25, 0.3) is 0 Å². The fourth-order valence-electron chi connectivity index (χ4n) is 1.52. The third-order valence-electron chi connectivity index (χ3n) is 2.30. The molecule has 2 rings (SSSR count). The van der Waals surface area contributed by atoms with Crippen molar-refractivity contribution >= 4 is 21.7 Å². The highest BCUT2D eigenvalue weighted by Crippen LogP contribution is 2.17. The molecule has 82 valence electrons. The zero-order valence-electron chi connectivity index (χ0n) is 8.65. The Hall–Kier alpha value is -1.35. The van der Waals surface area contributed by atoms with Crippen LogP contribution in [-0.4, -0.2) is 5.78 Å². The molecule has 0 aliphatic carbocycles. The van der Waals surface area contributed by atoms with E-state index in [1.807, 2.05) is 30.3 Å². The Morgan fingerprint density at radius 1 is 1.12 bits per heavy atom. The van der Waals surface area contributed by atoms with Crippen molar-refractivity contribution in [3.63, 3.8) is 0 Å². The van der Waals surface area contributed by atoms with Crippen LogP contribution in [0.15, 0.2) is 51.6 Å². The van der Waals surface area contributed by atoms with E-state index in [-0.39, 0.29) is 5.78 Å². The van der Waals surface area contributed by atoms with Crippen LogP contribution in [0.2, 0.25) is 0 Å². The van der Waals surface area contributed by atoms with Gasteiger partial charge >= 0.3 is 0 Å². The number of carbonyl (C=O) groups is 1. The molecule has 1 aromatic carbocycles. The Morgan fingerprint density at radius 3 is 2.62 bits per heavy atom. The van der Waals surface area contributed by atoms with Crippen molar-refractivity contribution in [1.82, 2.24) is 0 Å². The standard InChI is InChI=1S/C13H11BrO2/c14-13-6-2-1-4-10(13)8-11(15)9-12-5-3-7-16-12/h1-7H,8-9H2. The normalized spacial score (nSPS) is 10.3. The summed E-state index contributed by atoms with van der Waals surface area (Å²) >= 11 is 3.43. The van der Waals surface area contributed by atoms with Crippen molar-refractivity contribution in [1.29, 1.82) is 0 Å². The highest BCUT2D eigenvalue weighted by molar-refractivity contribution is 9.10. The molecule has 0 spiro atoms. The molecule has 0 bridgehead atoms. The van der Waals surface area contributed by atoms with Gasteiger partial charge < -0.3 is 4.42 Å². The Balaban J connectivity index is 2.00. The molecule has 0 amide bonds. The van der Waals surface area contributed by atoms with Gasteiger partial charge in [-0.1, -0.05) is 34.1 Å². The van der Waals surface area contributed by atoms with Gasteiger partial charge in [-0.25, -0.2) is 0 Å². The molecule has 0 aliphatic rings. The average molecular weight is 279 g/mol. The number of hydrogen-bond acceptors (Lipinski definition) is 2. The molecular weight excluding hydrogens is 268 g/mol. The van der Waals surface area contributed by atoms with Crippen LogP contribution in [0.1, 0.15) is 11.3 Å². The van der Waals surface area contributed by atoms with Gasteiger partial charge in [0.25, 0.3) is 0 Å². The largest absolute Gasteiger partial charge is 0.469 e. The summed E-state index contributed by atoms with van der Waals surface area (Å²) in [7, 11) is 0. The molecule has 1 heterocycles. The maximum absolute atomic E-state index is 11.8. The van der Waals surface area contributed by atoms with Gasteiger partial charge in [0.15, 0.2) is 0 Å².